The molecule has 0 N–H and O–H groups in total. The molecule has 0 aliphatic rings. The van der Waals surface area contributed by atoms with E-state index in [1.54, 1.807) is 17.5 Å². The van der Waals surface area contributed by atoms with E-state index < -0.39 is 5.97 Å². The number of rotatable bonds is 4. The molecule has 0 aromatic carbocycles. The summed E-state index contributed by atoms with van der Waals surface area (Å²) in [5.41, 5.74) is 2.16. The number of carbonyl (C=O) groups is 1. The molecule has 6 nitrogen and oxygen atoms in total. The second-order valence-electron chi connectivity index (χ2n) is 3.92. The van der Waals surface area contributed by atoms with E-state index in [0.29, 0.717) is 29.3 Å². The SMILES string of the molecule is C=C(OC)c1cc(C)n2ncc(C(=O)OCC)c2n1. The van der Waals surface area contributed by atoms with Crippen molar-refractivity contribution in [1.82, 2.24) is 14.6 Å². The third kappa shape index (κ3) is 2.29. The Bertz CT molecular complexity index is 646. The summed E-state index contributed by atoms with van der Waals surface area (Å²) < 4.78 is 11.6. The first-order valence-electron chi connectivity index (χ1n) is 5.84. The number of hydrogen-bond acceptors (Lipinski definition) is 5. The Morgan fingerprint density at radius 2 is 2.26 bits per heavy atom. The molecule has 6 heteroatoms. The van der Waals surface area contributed by atoms with Gasteiger partial charge in [0.15, 0.2) is 5.65 Å². The molecule has 2 heterocycles. The van der Waals surface area contributed by atoms with Crippen LogP contribution < -0.4 is 0 Å². The van der Waals surface area contributed by atoms with Gasteiger partial charge in [0.1, 0.15) is 17.0 Å². The molecule has 2 rings (SSSR count). The van der Waals surface area contributed by atoms with Crippen LogP contribution in [0.1, 0.15) is 28.7 Å². The van der Waals surface area contributed by atoms with Gasteiger partial charge in [0.05, 0.1) is 19.9 Å². The zero-order valence-electron chi connectivity index (χ0n) is 11.1. The van der Waals surface area contributed by atoms with Crippen LogP contribution in [0.15, 0.2) is 18.8 Å². The largest absolute Gasteiger partial charge is 0.495 e. The smallest absolute Gasteiger partial charge is 0.343 e. The molecule has 0 atom stereocenters. The van der Waals surface area contributed by atoms with Gasteiger partial charge in [-0.05, 0) is 19.9 Å². The van der Waals surface area contributed by atoms with E-state index >= 15 is 0 Å². The third-order valence-electron chi connectivity index (χ3n) is 2.68. The highest BCUT2D eigenvalue weighted by Gasteiger charge is 2.17. The Kier molecular flexibility index (Phi) is 3.50. The van der Waals surface area contributed by atoms with Gasteiger partial charge >= 0.3 is 5.97 Å². The molecule has 19 heavy (non-hydrogen) atoms. The summed E-state index contributed by atoms with van der Waals surface area (Å²) in [4.78, 5) is 16.2. The number of nitrogens with zero attached hydrogens (tertiary/aromatic N) is 3. The van der Waals surface area contributed by atoms with Gasteiger partial charge in [0.25, 0.3) is 0 Å². The highest BCUT2D eigenvalue weighted by Crippen LogP contribution is 2.17. The van der Waals surface area contributed by atoms with Crippen molar-refractivity contribution in [3.8, 4) is 0 Å². The minimum Gasteiger partial charge on any atom is -0.495 e. The lowest BCUT2D eigenvalue weighted by Gasteiger charge is -2.07. The molecule has 0 aliphatic carbocycles. The van der Waals surface area contributed by atoms with Crippen molar-refractivity contribution in [3.63, 3.8) is 0 Å². The molecule has 2 aromatic rings. The number of ether oxygens (including phenoxy) is 2. The average Bonchev–Trinajstić information content (AvgIpc) is 2.82. The van der Waals surface area contributed by atoms with Crippen molar-refractivity contribution in [2.24, 2.45) is 0 Å². The Morgan fingerprint density at radius 1 is 1.53 bits per heavy atom. The van der Waals surface area contributed by atoms with Crippen LogP contribution in [0.25, 0.3) is 11.4 Å². The minimum atomic E-state index is -0.440. The monoisotopic (exact) mass is 261 g/mol. The quantitative estimate of drug-likeness (QED) is 0.620. The molecule has 0 radical (unpaired) electrons. The molecule has 100 valence electrons. The first-order valence-corrected chi connectivity index (χ1v) is 5.84. The lowest BCUT2D eigenvalue weighted by molar-refractivity contribution is 0.0528. The summed E-state index contributed by atoms with van der Waals surface area (Å²) >= 11 is 0. The second kappa shape index (κ2) is 5.09. The van der Waals surface area contributed by atoms with Crippen molar-refractivity contribution in [1.29, 1.82) is 0 Å². The van der Waals surface area contributed by atoms with E-state index in [1.165, 1.54) is 13.3 Å². The standard InChI is InChI=1S/C13H15N3O3/c1-5-19-13(17)10-7-14-16-8(2)6-11(9(3)18-4)15-12(10)16/h6-7H,3,5H2,1-2,4H3. The van der Waals surface area contributed by atoms with Crippen molar-refractivity contribution in [2.75, 3.05) is 13.7 Å². The zero-order valence-corrected chi connectivity index (χ0v) is 11.1. The average molecular weight is 261 g/mol. The lowest BCUT2D eigenvalue weighted by atomic mass is 10.3. The molecular weight excluding hydrogens is 246 g/mol. The van der Waals surface area contributed by atoms with Gasteiger partial charge in [-0.3, -0.25) is 0 Å². The lowest BCUT2D eigenvalue weighted by Crippen LogP contribution is -2.06. The highest BCUT2D eigenvalue weighted by atomic mass is 16.5. The van der Waals surface area contributed by atoms with Gasteiger partial charge < -0.3 is 9.47 Å². The van der Waals surface area contributed by atoms with Crippen molar-refractivity contribution in [2.45, 2.75) is 13.8 Å². The summed E-state index contributed by atoms with van der Waals surface area (Å²) in [6.07, 6.45) is 1.45. The molecule has 0 saturated heterocycles. The van der Waals surface area contributed by atoms with Gasteiger partial charge in [-0.2, -0.15) is 5.10 Å². The highest BCUT2D eigenvalue weighted by molar-refractivity contribution is 5.95. The predicted molar refractivity (Wildman–Crippen MR) is 69.7 cm³/mol. The molecule has 0 aliphatic heterocycles. The van der Waals surface area contributed by atoms with Gasteiger partial charge in [0, 0.05) is 5.69 Å². The van der Waals surface area contributed by atoms with Crippen LogP contribution in [-0.2, 0) is 9.47 Å². The van der Waals surface area contributed by atoms with Crippen LogP contribution in [0.5, 0.6) is 0 Å². The van der Waals surface area contributed by atoms with E-state index in [2.05, 4.69) is 16.7 Å². The maximum atomic E-state index is 11.8. The van der Waals surface area contributed by atoms with E-state index in [9.17, 15) is 4.79 Å². The van der Waals surface area contributed by atoms with Gasteiger partial charge in [-0.15, -0.1) is 0 Å². The predicted octanol–water partition coefficient (Wildman–Crippen LogP) is 1.83. The Labute approximate surface area is 110 Å². The van der Waals surface area contributed by atoms with Crippen LogP contribution in [0, 0.1) is 6.92 Å². The molecule has 0 spiro atoms. The van der Waals surface area contributed by atoms with Gasteiger partial charge in [-0.25, -0.2) is 14.3 Å². The molecule has 2 aromatic heterocycles. The number of hydrogen-bond donors (Lipinski definition) is 0. The van der Waals surface area contributed by atoms with E-state index in [4.69, 9.17) is 9.47 Å². The normalized spacial score (nSPS) is 10.5. The number of methoxy groups -OCH3 is 1. The van der Waals surface area contributed by atoms with Crippen LogP contribution in [0.2, 0.25) is 0 Å². The minimum absolute atomic E-state index is 0.305. The molecular formula is C13H15N3O3. The summed E-state index contributed by atoms with van der Waals surface area (Å²) in [7, 11) is 1.52. The summed E-state index contributed by atoms with van der Waals surface area (Å²) in [5, 5.41) is 4.13. The molecule has 0 bridgehead atoms. The van der Waals surface area contributed by atoms with Gasteiger partial charge in [-0.1, -0.05) is 6.58 Å². The van der Waals surface area contributed by atoms with Crippen molar-refractivity contribution in [3.05, 3.63) is 35.8 Å². The van der Waals surface area contributed by atoms with Crippen LogP contribution in [0.4, 0.5) is 0 Å². The van der Waals surface area contributed by atoms with Crippen LogP contribution >= 0.6 is 0 Å². The second-order valence-corrected chi connectivity index (χ2v) is 3.92. The zero-order chi connectivity index (χ0) is 14.0. The van der Waals surface area contributed by atoms with Crippen LogP contribution in [0.3, 0.4) is 0 Å². The van der Waals surface area contributed by atoms with E-state index in [-0.39, 0.29) is 0 Å². The summed E-state index contributed by atoms with van der Waals surface area (Å²) in [5.74, 6) is -0.00816. The number of esters is 1. The first kappa shape index (κ1) is 13.1. The Balaban J connectivity index is 2.59. The summed E-state index contributed by atoms with van der Waals surface area (Å²) in [6.45, 7) is 7.68. The molecule has 0 amide bonds. The Morgan fingerprint density at radius 3 is 2.89 bits per heavy atom. The first-order chi connectivity index (χ1) is 9.08. The number of carbonyl (C=O) groups excluding carboxylic acids is 1. The van der Waals surface area contributed by atoms with Crippen LogP contribution in [-0.4, -0.2) is 34.3 Å². The fourth-order valence-electron chi connectivity index (χ4n) is 1.71. The third-order valence-corrected chi connectivity index (χ3v) is 2.68. The molecule has 0 unspecified atom stereocenters. The maximum Gasteiger partial charge on any atom is 0.343 e. The fourth-order valence-corrected chi connectivity index (χ4v) is 1.71. The van der Waals surface area contributed by atoms with E-state index in [0.717, 1.165) is 5.69 Å². The topological polar surface area (TPSA) is 65.7 Å². The fraction of sp³-hybridized carbons (Fsp3) is 0.308. The number of aryl methyl sites for hydroxylation is 1. The van der Waals surface area contributed by atoms with Crippen molar-refractivity contribution < 1.29 is 14.3 Å². The van der Waals surface area contributed by atoms with E-state index in [1.807, 2.05) is 6.92 Å². The van der Waals surface area contributed by atoms with Crippen molar-refractivity contribution >= 4 is 17.4 Å². The summed E-state index contributed by atoms with van der Waals surface area (Å²) in [6, 6.07) is 1.79. The molecule has 0 fully saturated rings. The Hall–Kier alpha value is -2.37. The van der Waals surface area contributed by atoms with Gasteiger partial charge in [0.2, 0.25) is 0 Å². The molecule has 0 saturated carbocycles. The maximum absolute atomic E-state index is 11.8. The number of fused-ring (bicyclic) bond motifs is 1. The number of aromatic nitrogens is 3.